The normalized spacial score (nSPS) is 14.1. The molecule has 0 radical (unpaired) electrons. The Bertz CT molecular complexity index is 543. The summed E-state index contributed by atoms with van der Waals surface area (Å²) in [6.45, 7) is 0.688. The minimum atomic E-state index is 0.0163. The number of carbonyl (C=O) groups is 1. The Hall–Kier alpha value is -2.30. The number of hydrogen-bond acceptors (Lipinski definition) is 3. The summed E-state index contributed by atoms with van der Waals surface area (Å²) >= 11 is 0. The predicted octanol–water partition coefficient (Wildman–Crippen LogP) is 1.91. The number of nitrogens with zero attached hydrogens (tertiary/aromatic N) is 1. The monoisotopic (exact) mass is 256 g/mol. The first-order valence-electron chi connectivity index (χ1n) is 6.43. The number of anilines is 1. The maximum Gasteiger partial charge on any atom is 0.251 e. The molecule has 0 unspecified atom stereocenters. The van der Waals surface area contributed by atoms with Gasteiger partial charge in [-0.2, -0.15) is 0 Å². The maximum absolute atomic E-state index is 11.8. The van der Waals surface area contributed by atoms with Crippen LogP contribution in [0.4, 0.5) is 5.69 Å². The SMILES string of the molecule is O=C(NC1CC1)c1ccc(NCc2cnc[nH]2)cc1. The molecule has 3 N–H and O–H groups in total. The number of imidazole rings is 1. The zero-order valence-corrected chi connectivity index (χ0v) is 10.5. The highest BCUT2D eigenvalue weighted by atomic mass is 16.1. The minimum Gasteiger partial charge on any atom is -0.379 e. The highest BCUT2D eigenvalue weighted by Crippen LogP contribution is 2.19. The summed E-state index contributed by atoms with van der Waals surface area (Å²) in [5.41, 5.74) is 2.71. The van der Waals surface area contributed by atoms with E-state index in [2.05, 4.69) is 20.6 Å². The molecule has 0 spiro atoms. The number of benzene rings is 1. The molecule has 0 saturated heterocycles. The van der Waals surface area contributed by atoms with Crippen LogP contribution in [0.1, 0.15) is 28.9 Å². The van der Waals surface area contributed by atoms with Crippen LogP contribution in [-0.4, -0.2) is 21.9 Å². The lowest BCUT2D eigenvalue weighted by atomic mass is 10.2. The average Bonchev–Trinajstić information content (AvgIpc) is 3.09. The number of aromatic nitrogens is 2. The molecule has 0 bridgehead atoms. The van der Waals surface area contributed by atoms with E-state index in [9.17, 15) is 4.79 Å². The quantitative estimate of drug-likeness (QED) is 0.765. The number of carbonyl (C=O) groups excluding carboxylic acids is 1. The average molecular weight is 256 g/mol. The fraction of sp³-hybridized carbons (Fsp3) is 0.286. The maximum atomic E-state index is 11.8. The molecule has 98 valence electrons. The smallest absolute Gasteiger partial charge is 0.251 e. The van der Waals surface area contributed by atoms with Crippen molar-refractivity contribution in [3.8, 4) is 0 Å². The highest BCUT2D eigenvalue weighted by Gasteiger charge is 2.23. The first-order chi connectivity index (χ1) is 9.31. The lowest BCUT2D eigenvalue weighted by Crippen LogP contribution is -2.25. The second kappa shape index (κ2) is 5.14. The molecule has 1 amide bonds. The topological polar surface area (TPSA) is 69.8 Å². The number of amides is 1. The summed E-state index contributed by atoms with van der Waals surface area (Å²) < 4.78 is 0. The van der Waals surface area contributed by atoms with E-state index >= 15 is 0 Å². The van der Waals surface area contributed by atoms with Crippen LogP contribution in [0.25, 0.3) is 0 Å². The second-order valence-corrected chi connectivity index (χ2v) is 4.76. The zero-order valence-electron chi connectivity index (χ0n) is 10.5. The second-order valence-electron chi connectivity index (χ2n) is 4.76. The van der Waals surface area contributed by atoms with Crippen LogP contribution < -0.4 is 10.6 Å². The molecule has 1 saturated carbocycles. The third kappa shape index (κ3) is 3.13. The van der Waals surface area contributed by atoms with Gasteiger partial charge in [0.25, 0.3) is 5.91 Å². The molecule has 1 aromatic heterocycles. The molecule has 1 heterocycles. The Kier molecular flexibility index (Phi) is 3.18. The van der Waals surface area contributed by atoms with Crippen LogP contribution in [0.15, 0.2) is 36.8 Å². The summed E-state index contributed by atoms with van der Waals surface area (Å²) in [6, 6.07) is 7.90. The van der Waals surface area contributed by atoms with Crippen molar-refractivity contribution < 1.29 is 4.79 Å². The van der Waals surface area contributed by atoms with E-state index < -0.39 is 0 Å². The van der Waals surface area contributed by atoms with E-state index in [1.807, 2.05) is 24.3 Å². The van der Waals surface area contributed by atoms with Crippen molar-refractivity contribution >= 4 is 11.6 Å². The Balaban J connectivity index is 1.57. The van der Waals surface area contributed by atoms with Gasteiger partial charge in [-0.25, -0.2) is 4.98 Å². The van der Waals surface area contributed by atoms with Gasteiger partial charge in [0.15, 0.2) is 0 Å². The largest absolute Gasteiger partial charge is 0.379 e. The first-order valence-corrected chi connectivity index (χ1v) is 6.43. The Labute approximate surface area is 111 Å². The number of nitrogens with one attached hydrogen (secondary N) is 3. The standard InChI is InChI=1S/C14H16N4O/c19-14(18-12-5-6-12)10-1-3-11(4-2-10)16-8-13-7-15-9-17-13/h1-4,7,9,12,16H,5-6,8H2,(H,15,17)(H,18,19). The zero-order chi connectivity index (χ0) is 13.1. The van der Waals surface area contributed by atoms with Gasteiger partial charge >= 0.3 is 0 Å². The van der Waals surface area contributed by atoms with E-state index in [4.69, 9.17) is 0 Å². The number of hydrogen-bond donors (Lipinski definition) is 3. The fourth-order valence-corrected chi connectivity index (χ4v) is 1.81. The fourth-order valence-electron chi connectivity index (χ4n) is 1.81. The van der Waals surface area contributed by atoms with Gasteiger partial charge in [-0.05, 0) is 37.1 Å². The van der Waals surface area contributed by atoms with E-state index in [0.717, 1.165) is 24.2 Å². The number of H-pyrrole nitrogens is 1. The molecule has 1 aliphatic rings. The van der Waals surface area contributed by atoms with Crippen molar-refractivity contribution in [1.82, 2.24) is 15.3 Å². The van der Waals surface area contributed by atoms with Crippen molar-refractivity contribution in [1.29, 1.82) is 0 Å². The summed E-state index contributed by atoms with van der Waals surface area (Å²) in [5, 5.41) is 6.23. The molecule has 5 nitrogen and oxygen atoms in total. The minimum absolute atomic E-state index is 0.0163. The Morgan fingerprint density at radius 2 is 2.11 bits per heavy atom. The van der Waals surface area contributed by atoms with Gasteiger partial charge in [0, 0.05) is 23.5 Å². The summed E-state index contributed by atoms with van der Waals surface area (Å²) in [4.78, 5) is 18.8. The van der Waals surface area contributed by atoms with Gasteiger partial charge in [-0.3, -0.25) is 4.79 Å². The molecule has 5 heteroatoms. The molecular formula is C14H16N4O. The summed E-state index contributed by atoms with van der Waals surface area (Å²) in [5.74, 6) is 0.0163. The molecule has 19 heavy (non-hydrogen) atoms. The molecule has 3 rings (SSSR count). The van der Waals surface area contributed by atoms with Crippen LogP contribution in [0.2, 0.25) is 0 Å². The summed E-state index contributed by atoms with van der Waals surface area (Å²) in [7, 11) is 0. The van der Waals surface area contributed by atoms with Crippen LogP contribution in [0, 0.1) is 0 Å². The lowest BCUT2D eigenvalue weighted by Gasteiger charge is -2.07. The van der Waals surface area contributed by atoms with Crippen molar-refractivity contribution in [3.05, 3.63) is 48.0 Å². The van der Waals surface area contributed by atoms with Gasteiger partial charge in [0.05, 0.1) is 18.6 Å². The van der Waals surface area contributed by atoms with Crippen molar-refractivity contribution in [2.75, 3.05) is 5.32 Å². The van der Waals surface area contributed by atoms with Crippen molar-refractivity contribution in [2.45, 2.75) is 25.4 Å². The van der Waals surface area contributed by atoms with Crippen LogP contribution in [0.3, 0.4) is 0 Å². The van der Waals surface area contributed by atoms with Crippen molar-refractivity contribution in [3.63, 3.8) is 0 Å². The van der Waals surface area contributed by atoms with Gasteiger partial charge in [0.1, 0.15) is 0 Å². The highest BCUT2D eigenvalue weighted by molar-refractivity contribution is 5.94. The molecule has 0 atom stereocenters. The molecular weight excluding hydrogens is 240 g/mol. The van der Waals surface area contributed by atoms with Gasteiger partial charge in [0.2, 0.25) is 0 Å². The third-order valence-electron chi connectivity index (χ3n) is 3.10. The molecule has 2 aromatic rings. The summed E-state index contributed by atoms with van der Waals surface area (Å²) in [6.07, 6.45) is 5.65. The molecule has 0 aliphatic heterocycles. The van der Waals surface area contributed by atoms with E-state index in [1.54, 1.807) is 12.5 Å². The van der Waals surface area contributed by atoms with E-state index in [0.29, 0.717) is 18.2 Å². The Morgan fingerprint density at radius 3 is 2.74 bits per heavy atom. The van der Waals surface area contributed by atoms with Gasteiger partial charge in [-0.1, -0.05) is 0 Å². The molecule has 1 fully saturated rings. The lowest BCUT2D eigenvalue weighted by molar-refractivity contribution is 0.0951. The van der Waals surface area contributed by atoms with Crippen LogP contribution in [0.5, 0.6) is 0 Å². The van der Waals surface area contributed by atoms with E-state index in [1.165, 1.54) is 0 Å². The number of aromatic amines is 1. The van der Waals surface area contributed by atoms with Gasteiger partial charge in [-0.15, -0.1) is 0 Å². The Morgan fingerprint density at radius 1 is 1.32 bits per heavy atom. The van der Waals surface area contributed by atoms with Crippen LogP contribution >= 0.6 is 0 Å². The third-order valence-corrected chi connectivity index (χ3v) is 3.10. The van der Waals surface area contributed by atoms with E-state index in [-0.39, 0.29) is 5.91 Å². The first kappa shape index (κ1) is 11.8. The molecule has 1 aromatic carbocycles. The molecule has 1 aliphatic carbocycles. The van der Waals surface area contributed by atoms with Crippen LogP contribution in [-0.2, 0) is 6.54 Å². The van der Waals surface area contributed by atoms with Crippen molar-refractivity contribution in [2.24, 2.45) is 0 Å². The van der Waals surface area contributed by atoms with Gasteiger partial charge < -0.3 is 15.6 Å². The predicted molar refractivity (Wildman–Crippen MR) is 72.8 cm³/mol. The number of rotatable bonds is 5.